The van der Waals surface area contributed by atoms with Gasteiger partial charge in [-0.05, 0) is 50.9 Å². The van der Waals surface area contributed by atoms with Gasteiger partial charge in [-0.25, -0.2) is 0 Å². The summed E-state index contributed by atoms with van der Waals surface area (Å²) in [5.74, 6) is -6.65. The van der Waals surface area contributed by atoms with Gasteiger partial charge in [0, 0.05) is 20.0 Å². The van der Waals surface area contributed by atoms with E-state index in [1.165, 1.54) is 13.8 Å². The number of guanidine groups is 1. The van der Waals surface area contributed by atoms with Crippen molar-refractivity contribution in [1.29, 1.82) is 0 Å². The van der Waals surface area contributed by atoms with Gasteiger partial charge >= 0.3 is 0 Å². The quantitative estimate of drug-likeness (QED) is 0.0248. The van der Waals surface area contributed by atoms with Gasteiger partial charge in [0.25, 0.3) is 0 Å². The highest BCUT2D eigenvalue weighted by Gasteiger charge is 2.37. The molecular weight excluding hydrogens is 754 g/mol. The van der Waals surface area contributed by atoms with Crippen LogP contribution in [0.5, 0.6) is 0 Å². The summed E-state index contributed by atoms with van der Waals surface area (Å²) < 4.78 is 0. The molecule has 0 bridgehead atoms. The van der Waals surface area contributed by atoms with Crippen LogP contribution >= 0.6 is 0 Å². The zero-order valence-electron chi connectivity index (χ0n) is 36.0. The average molecular weight is 826 g/mol. The van der Waals surface area contributed by atoms with Crippen LogP contribution in [0.4, 0.5) is 0 Å². The molecule has 0 aliphatic rings. The smallest absolute Gasteiger partial charge is 0.245 e. The van der Waals surface area contributed by atoms with Gasteiger partial charge in [0.2, 0.25) is 47.3 Å². The van der Waals surface area contributed by atoms with Crippen molar-refractivity contribution in [3.05, 3.63) is 0 Å². The van der Waals surface area contributed by atoms with Crippen LogP contribution in [0.15, 0.2) is 4.99 Å². The second-order valence-electron chi connectivity index (χ2n) is 14.9. The first kappa shape index (κ1) is 53.0. The number of carbonyl (C=O) groups excluding carboxylic acids is 8. The lowest BCUT2D eigenvalue weighted by Gasteiger charge is -2.31. The van der Waals surface area contributed by atoms with Gasteiger partial charge in [-0.2, -0.15) is 0 Å². The molecule has 0 aliphatic carbocycles. The predicted octanol–water partition coefficient (Wildman–Crippen LogP) is -1.85. The van der Waals surface area contributed by atoms with Gasteiger partial charge in [-0.15, -0.1) is 0 Å². The number of aliphatic hydroxyl groups is 1. The summed E-state index contributed by atoms with van der Waals surface area (Å²) >= 11 is 0. The largest absolute Gasteiger partial charge is 0.391 e. The van der Waals surface area contributed by atoms with Crippen molar-refractivity contribution in [2.75, 3.05) is 19.6 Å². The van der Waals surface area contributed by atoms with E-state index in [0.717, 1.165) is 0 Å². The number of nitrogens with one attached hydrogen (secondary N) is 8. The third kappa shape index (κ3) is 19.4. The number of hydrogen-bond acceptors (Lipinski definition) is 10. The summed E-state index contributed by atoms with van der Waals surface area (Å²) in [5.41, 5.74) is 10.9. The molecule has 0 aromatic rings. The lowest BCUT2D eigenvalue weighted by Crippen LogP contribution is -2.63. The van der Waals surface area contributed by atoms with Crippen molar-refractivity contribution in [3.63, 3.8) is 0 Å². The maximum atomic E-state index is 13.9. The average Bonchev–Trinajstić information content (AvgIpc) is 3.15. The fourth-order valence-electron chi connectivity index (χ4n) is 5.66. The van der Waals surface area contributed by atoms with Crippen LogP contribution in [0, 0.1) is 17.8 Å². The Labute approximate surface area is 342 Å². The minimum absolute atomic E-state index is 0.0170. The van der Waals surface area contributed by atoms with Crippen LogP contribution in [0.2, 0.25) is 0 Å². The number of aliphatic imine (C=N–C) groups is 1. The first-order chi connectivity index (χ1) is 27.1. The summed E-state index contributed by atoms with van der Waals surface area (Å²) in [6.45, 7) is 16.7. The van der Waals surface area contributed by atoms with Gasteiger partial charge in [-0.1, -0.05) is 67.7 Å². The number of rotatable bonds is 27. The van der Waals surface area contributed by atoms with Gasteiger partial charge in [-0.3, -0.25) is 43.3 Å². The summed E-state index contributed by atoms with van der Waals surface area (Å²) in [7, 11) is 0. The van der Waals surface area contributed by atoms with Gasteiger partial charge < -0.3 is 59.1 Å². The summed E-state index contributed by atoms with van der Waals surface area (Å²) in [4.78, 5) is 109. The lowest BCUT2D eigenvalue weighted by molar-refractivity contribution is -0.138. The minimum Gasteiger partial charge on any atom is -0.391 e. The first-order valence-electron chi connectivity index (χ1n) is 20.2. The van der Waals surface area contributed by atoms with E-state index in [1.54, 1.807) is 41.5 Å². The van der Waals surface area contributed by atoms with Gasteiger partial charge in [0.1, 0.15) is 36.3 Å². The monoisotopic (exact) mass is 826 g/mol. The maximum absolute atomic E-state index is 13.9. The Morgan fingerprint density at radius 1 is 0.586 bits per heavy atom. The van der Waals surface area contributed by atoms with Crippen LogP contribution in [-0.2, 0) is 38.4 Å². The SMILES string of the molecule is CCC[C@H](NC(=O)[C@@H](NC(=O)[C@H](CCCN=C(N)N)NC(=O)[C@@H](NC(=O)[C@H](NC(=O)[C@@H](NC(=O)CNC(C)=O)C(C)C)[C@@H](C)CC)[C@@H](C)O)[C@@H](C)CC)C(=O)NCC. The summed E-state index contributed by atoms with van der Waals surface area (Å²) in [6, 6.07) is -7.14. The van der Waals surface area contributed by atoms with Crippen molar-refractivity contribution in [1.82, 2.24) is 42.5 Å². The molecule has 0 saturated carbocycles. The molecule has 0 saturated heterocycles. The molecule has 0 radical (unpaired) electrons. The Kier molecular flexibility index (Phi) is 25.2. The molecule has 13 N–H and O–H groups in total. The maximum Gasteiger partial charge on any atom is 0.245 e. The summed E-state index contributed by atoms with van der Waals surface area (Å²) in [6.07, 6.45) is 0.569. The molecule has 0 heterocycles. The van der Waals surface area contributed by atoms with E-state index in [2.05, 4.69) is 47.5 Å². The molecule has 8 amide bonds. The number of nitrogens with zero attached hydrogens (tertiary/aromatic N) is 1. The standard InChI is InChI=1S/C38H71N11O9/c1-11-16-25(32(53)41-14-4)44-35(56)29(21(7)12-2)47-33(54)26(17-15-18-42-38(39)40)45-37(58)31(23(9)50)49-36(57)30(22(8)13-3)48-34(55)28(20(5)6)46-27(52)19-43-24(10)51/h20-23,25-26,28-31,50H,11-19H2,1-10H3,(H,41,53)(H,43,51)(H,44,56)(H,45,58)(H,46,52)(H,47,54)(H,48,55)(H,49,57)(H4,39,40,42)/t21-,22-,23+,25-,26-,28-,29-,30+,31-/m0/s1. The third-order valence-electron chi connectivity index (χ3n) is 9.55. The van der Waals surface area contributed by atoms with Crippen molar-refractivity contribution >= 4 is 53.2 Å². The van der Waals surface area contributed by atoms with Crippen molar-refractivity contribution in [2.45, 2.75) is 150 Å². The zero-order valence-corrected chi connectivity index (χ0v) is 36.0. The van der Waals surface area contributed by atoms with E-state index in [4.69, 9.17) is 11.5 Å². The normalized spacial score (nSPS) is 15.7. The molecule has 0 fully saturated rings. The molecule has 332 valence electrons. The number of amides is 8. The molecule has 0 unspecified atom stereocenters. The highest BCUT2D eigenvalue weighted by Crippen LogP contribution is 2.13. The lowest BCUT2D eigenvalue weighted by atomic mass is 9.95. The highest BCUT2D eigenvalue weighted by molar-refractivity contribution is 5.97. The second kappa shape index (κ2) is 27.6. The molecule has 9 atom stereocenters. The number of carbonyl (C=O) groups is 8. The Bertz CT molecular complexity index is 1410. The first-order valence-corrected chi connectivity index (χ1v) is 20.2. The second-order valence-corrected chi connectivity index (χ2v) is 14.9. The summed E-state index contributed by atoms with van der Waals surface area (Å²) in [5, 5.41) is 31.6. The third-order valence-corrected chi connectivity index (χ3v) is 9.55. The number of aliphatic hydroxyl groups excluding tert-OH is 1. The molecule has 0 aliphatic heterocycles. The van der Waals surface area contributed by atoms with Crippen LogP contribution in [0.25, 0.3) is 0 Å². The molecule has 58 heavy (non-hydrogen) atoms. The van der Waals surface area contributed by atoms with E-state index in [-0.39, 0.29) is 37.8 Å². The van der Waals surface area contributed by atoms with E-state index in [1.807, 2.05) is 13.8 Å². The number of hydrogen-bond donors (Lipinski definition) is 11. The predicted molar refractivity (Wildman–Crippen MR) is 219 cm³/mol. The van der Waals surface area contributed by atoms with Gasteiger partial charge in [0.05, 0.1) is 12.6 Å². The van der Waals surface area contributed by atoms with Crippen molar-refractivity contribution in [2.24, 2.45) is 34.2 Å². The molecule has 20 nitrogen and oxygen atoms in total. The molecule has 20 heteroatoms. The Morgan fingerprint density at radius 2 is 1.05 bits per heavy atom. The van der Waals surface area contributed by atoms with E-state index in [0.29, 0.717) is 32.2 Å². The van der Waals surface area contributed by atoms with Crippen LogP contribution in [0.3, 0.4) is 0 Å². The number of likely N-dealkylation sites (N-methyl/N-ethyl adjacent to an activating group) is 1. The minimum atomic E-state index is -1.61. The van der Waals surface area contributed by atoms with Crippen LogP contribution in [-0.4, -0.2) is 120 Å². The van der Waals surface area contributed by atoms with Gasteiger partial charge in [0.15, 0.2) is 5.96 Å². The Hall–Kier alpha value is -5.01. The van der Waals surface area contributed by atoms with E-state index >= 15 is 0 Å². The molecule has 0 spiro atoms. The highest BCUT2D eigenvalue weighted by atomic mass is 16.3. The van der Waals surface area contributed by atoms with Crippen molar-refractivity contribution in [3.8, 4) is 0 Å². The Balaban J connectivity index is 6.43. The molecular formula is C38H71N11O9. The topological polar surface area (TPSA) is 317 Å². The number of nitrogens with two attached hydrogens (primary N) is 2. The van der Waals surface area contributed by atoms with Crippen LogP contribution < -0.4 is 54.0 Å². The van der Waals surface area contributed by atoms with E-state index in [9.17, 15) is 43.5 Å². The fraction of sp³-hybridized carbons (Fsp3) is 0.763. The fourth-order valence-corrected chi connectivity index (χ4v) is 5.66. The molecule has 0 aromatic carbocycles. The van der Waals surface area contributed by atoms with Crippen LogP contribution in [0.1, 0.15) is 108 Å². The van der Waals surface area contributed by atoms with E-state index < -0.39 is 101 Å². The van der Waals surface area contributed by atoms with Crippen molar-refractivity contribution < 1.29 is 43.5 Å². The Morgan fingerprint density at radius 3 is 1.50 bits per heavy atom. The zero-order chi connectivity index (χ0) is 44.7. The molecule has 0 rings (SSSR count). The molecule has 0 aromatic heterocycles.